The number of aryl methyl sites for hydroxylation is 1. The molecule has 0 unspecified atom stereocenters. The number of hydrogen-bond acceptors (Lipinski definition) is 5. The largest absolute Gasteiger partial charge is 0.369 e. The van der Waals surface area contributed by atoms with Crippen LogP contribution in [-0.4, -0.2) is 21.9 Å². The summed E-state index contributed by atoms with van der Waals surface area (Å²) in [5.74, 6) is 0.0353. The molecule has 0 spiro atoms. The van der Waals surface area contributed by atoms with Crippen molar-refractivity contribution in [3.63, 3.8) is 0 Å². The minimum absolute atomic E-state index is 0.00866. The van der Waals surface area contributed by atoms with Crippen LogP contribution < -0.4 is 11.1 Å². The smallest absolute Gasteiger partial charge is 0.290 e. The summed E-state index contributed by atoms with van der Waals surface area (Å²) in [5, 5.41) is 13.9. The van der Waals surface area contributed by atoms with Crippen molar-refractivity contribution in [2.24, 2.45) is 11.7 Å². The zero-order chi connectivity index (χ0) is 14.7. The third kappa shape index (κ3) is 3.04. The first-order valence-corrected chi connectivity index (χ1v) is 6.66. The number of nitrogens with one attached hydrogen (secondary N) is 1. The number of primary amides is 1. The van der Waals surface area contributed by atoms with Gasteiger partial charge in [-0.15, -0.1) is 0 Å². The number of hydrogen-bond donors (Lipinski definition) is 2. The van der Waals surface area contributed by atoms with E-state index in [-0.39, 0.29) is 23.6 Å². The quantitative estimate of drug-likeness (QED) is 0.643. The number of aromatic nitrogens is 1. The molecule has 108 valence electrons. The van der Waals surface area contributed by atoms with Gasteiger partial charge < -0.3 is 11.1 Å². The van der Waals surface area contributed by atoms with E-state index in [0.717, 1.165) is 25.7 Å². The lowest BCUT2D eigenvalue weighted by Crippen LogP contribution is -2.40. The summed E-state index contributed by atoms with van der Waals surface area (Å²) in [5.41, 5.74) is 5.95. The summed E-state index contributed by atoms with van der Waals surface area (Å²) in [4.78, 5) is 25.8. The van der Waals surface area contributed by atoms with E-state index < -0.39 is 4.92 Å². The zero-order valence-electron chi connectivity index (χ0n) is 11.3. The summed E-state index contributed by atoms with van der Waals surface area (Å²) >= 11 is 0. The van der Waals surface area contributed by atoms with E-state index in [4.69, 9.17) is 5.73 Å². The van der Waals surface area contributed by atoms with Gasteiger partial charge in [0.15, 0.2) is 0 Å². The van der Waals surface area contributed by atoms with Gasteiger partial charge >= 0.3 is 0 Å². The molecule has 1 aliphatic carbocycles. The second kappa shape index (κ2) is 5.85. The van der Waals surface area contributed by atoms with Crippen LogP contribution in [-0.2, 0) is 4.79 Å². The summed E-state index contributed by atoms with van der Waals surface area (Å²) in [7, 11) is 0. The fourth-order valence-corrected chi connectivity index (χ4v) is 2.65. The fraction of sp³-hybridized carbons (Fsp3) is 0.538. The van der Waals surface area contributed by atoms with Gasteiger partial charge in [-0.1, -0.05) is 12.8 Å². The number of rotatable bonds is 4. The van der Waals surface area contributed by atoms with Crippen molar-refractivity contribution in [1.82, 2.24) is 4.98 Å². The van der Waals surface area contributed by atoms with Crippen LogP contribution >= 0.6 is 0 Å². The highest BCUT2D eigenvalue weighted by atomic mass is 16.6. The number of nitrogens with zero attached hydrogens (tertiary/aromatic N) is 2. The van der Waals surface area contributed by atoms with Crippen LogP contribution in [0.4, 0.5) is 11.5 Å². The van der Waals surface area contributed by atoms with Crippen LogP contribution in [0.5, 0.6) is 0 Å². The number of carbonyl (C=O) groups is 1. The van der Waals surface area contributed by atoms with Crippen LogP contribution in [0.2, 0.25) is 0 Å². The lowest BCUT2D eigenvalue weighted by molar-refractivity contribution is -0.385. The monoisotopic (exact) mass is 278 g/mol. The summed E-state index contributed by atoms with van der Waals surface area (Å²) in [6.45, 7) is 1.66. The molecule has 0 radical (unpaired) electrons. The van der Waals surface area contributed by atoms with Crippen molar-refractivity contribution >= 4 is 17.4 Å². The molecule has 3 N–H and O–H groups in total. The van der Waals surface area contributed by atoms with Crippen LogP contribution in [0, 0.1) is 23.0 Å². The van der Waals surface area contributed by atoms with E-state index in [0.29, 0.717) is 11.4 Å². The van der Waals surface area contributed by atoms with Gasteiger partial charge in [0.05, 0.1) is 10.8 Å². The molecule has 1 aliphatic rings. The van der Waals surface area contributed by atoms with Crippen LogP contribution in [0.3, 0.4) is 0 Å². The molecule has 1 fully saturated rings. The third-order valence-electron chi connectivity index (χ3n) is 3.74. The van der Waals surface area contributed by atoms with Gasteiger partial charge in [0.1, 0.15) is 12.0 Å². The maximum atomic E-state index is 11.4. The van der Waals surface area contributed by atoms with Crippen molar-refractivity contribution in [3.8, 4) is 0 Å². The topological polar surface area (TPSA) is 111 Å². The van der Waals surface area contributed by atoms with Gasteiger partial charge in [0.25, 0.3) is 5.69 Å². The lowest BCUT2D eigenvalue weighted by atomic mass is 9.84. The summed E-state index contributed by atoms with van der Waals surface area (Å²) < 4.78 is 0. The van der Waals surface area contributed by atoms with E-state index in [9.17, 15) is 14.9 Å². The molecule has 0 bridgehead atoms. The number of nitrogens with two attached hydrogens (primary N) is 1. The van der Waals surface area contributed by atoms with Crippen molar-refractivity contribution < 1.29 is 9.72 Å². The van der Waals surface area contributed by atoms with Gasteiger partial charge in [0, 0.05) is 11.6 Å². The molecule has 0 aliphatic heterocycles. The molecule has 1 saturated carbocycles. The first-order chi connectivity index (χ1) is 9.49. The van der Waals surface area contributed by atoms with E-state index in [1.807, 2.05) is 0 Å². The molecular weight excluding hydrogens is 260 g/mol. The normalized spacial score (nSPS) is 22.2. The molecule has 0 aromatic carbocycles. The van der Waals surface area contributed by atoms with E-state index in [2.05, 4.69) is 10.3 Å². The third-order valence-corrected chi connectivity index (χ3v) is 3.74. The highest BCUT2D eigenvalue weighted by Gasteiger charge is 2.29. The first-order valence-electron chi connectivity index (χ1n) is 6.66. The average molecular weight is 278 g/mol. The fourth-order valence-electron chi connectivity index (χ4n) is 2.65. The lowest BCUT2D eigenvalue weighted by Gasteiger charge is -2.30. The average Bonchev–Trinajstić information content (AvgIpc) is 2.38. The Labute approximate surface area is 116 Å². The maximum absolute atomic E-state index is 11.4. The number of amides is 1. The molecule has 7 nitrogen and oxygen atoms in total. The van der Waals surface area contributed by atoms with Crippen molar-refractivity contribution in [1.29, 1.82) is 0 Å². The Kier molecular flexibility index (Phi) is 4.16. The Balaban J connectivity index is 2.14. The Morgan fingerprint density at radius 2 is 2.20 bits per heavy atom. The molecule has 1 aromatic rings. The minimum Gasteiger partial charge on any atom is -0.369 e. The molecule has 1 aromatic heterocycles. The van der Waals surface area contributed by atoms with Crippen LogP contribution in [0.1, 0.15) is 31.2 Å². The summed E-state index contributed by atoms with van der Waals surface area (Å²) in [6, 6.07) is 1.58. The van der Waals surface area contributed by atoms with Gasteiger partial charge in [-0.05, 0) is 25.8 Å². The number of pyridine rings is 1. The van der Waals surface area contributed by atoms with E-state index >= 15 is 0 Å². The Bertz CT molecular complexity index is 532. The molecule has 20 heavy (non-hydrogen) atoms. The zero-order valence-corrected chi connectivity index (χ0v) is 11.3. The molecule has 7 heteroatoms. The highest BCUT2D eigenvalue weighted by molar-refractivity contribution is 5.78. The Morgan fingerprint density at radius 1 is 1.50 bits per heavy atom. The minimum atomic E-state index is -0.459. The highest BCUT2D eigenvalue weighted by Crippen LogP contribution is 2.27. The van der Waals surface area contributed by atoms with Crippen LogP contribution in [0.15, 0.2) is 12.3 Å². The standard InChI is InChI=1S/C13H18N4O3/c1-8-6-12(15-7-11(8)17(19)20)16-10-5-3-2-4-9(10)13(14)18/h6-7,9-10H,2-5H2,1H3,(H2,14,18)(H,15,16)/t9-,10+/m0/s1. The predicted molar refractivity (Wildman–Crippen MR) is 74.2 cm³/mol. The number of nitro groups is 1. The van der Waals surface area contributed by atoms with Gasteiger partial charge in [0.2, 0.25) is 5.91 Å². The van der Waals surface area contributed by atoms with Crippen molar-refractivity contribution in [2.75, 3.05) is 5.32 Å². The SMILES string of the molecule is Cc1cc(N[C@@H]2CCCC[C@@H]2C(N)=O)ncc1[N+](=O)[O-]. The van der Waals surface area contributed by atoms with E-state index in [1.54, 1.807) is 13.0 Å². The Hall–Kier alpha value is -2.18. The second-order valence-corrected chi connectivity index (χ2v) is 5.16. The van der Waals surface area contributed by atoms with Gasteiger partial charge in [-0.2, -0.15) is 0 Å². The van der Waals surface area contributed by atoms with Gasteiger partial charge in [-0.3, -0.25) is 14.9 Å². The van der Waals surface area contributed by atoms with Crippen LogP contribution in [0.25, 0.3) is 0 Å². The van der Waals surface area contributed by atoms with Crippen molar-refractivity contribution in [2.45, 2.75) is 38.6 Å². The Morgan fingerprint density at radius 3 is 2.80 bits per heavy atom. The molecular formula is C13H18N4O3. The van der Waals surface area contributed by atoms with E-state index in [1.165, 1.54) is 6.20 Å². The molecule has 1 heterocycles. The predicted octanol–water partition coefficient (Wildman–Crippen LogP) is 1.75. The van der Waals surface area contributed by atoms with Gasteiger partial charge in [-0.25, -0.2) is 4.98 Å². The number of carbonyl (C=O) groups excluding carboxylic acids is 1. The molecule has 2 rings (SSSR count). The maximum Gasteiger partial charge on any atom is 0.290 e. The number of anilines is 1. The first kappa shape index (κ1) is 14.2. The van der Waals surface area contributed by atoms with Crippen molar-refractivity contribution in [3.05, 3.63) is 27.9 Å². The molecule has 2 atom stereocenters. The summed E-state index contributed by atoms with van der Waals surface area (Å²) in [6.07, 6.45) is 4.90. The molecule has 1 amide bonds. The second-order valence-electron chi connectivity index (χ2n) is 5.16. The molecule has 0 saturated heterocycles.